The Morgan fingerprint density at radius 1 is 1.04 bits per heavy atom. The van der Waals surface area contributed by atoms with Gasteiger partial charge in [0, 0.05) is 16.8 Å². The van der Waals surface area contributed by atoms with Gasteiger partial charge in [0.1, 0.15) is 5.69 Å². The third-order valence-corrected chi connectivity index (χ3v) is 5.23. The summed E-state index contributed by atoms with van der Waals surface area (Å²) < 4.78 is 24.9. The molecule has 2 aromatic carbocycles. The van der Waals surface area contributed by atoms with Crippen LogP contribution in [0.5, 0.6) is 0 Å². The molecule has 2 N–H and O–H groups in total. The number of benzene rings is 2. The van der Waals surface area contributed by atoms with Crippen LogP contribution in [0.1, 0.15) is 11.3 Å². The minimum atomic E-state index is -3.72. The molecule has 3 aromatic rings. The molecule has 0 saturated carbocycles. The second-order valence-corrected chi connectivity index (χ2v) is 7.78. The van der Waals surface area contributed by atoms with E-state index in [0.717, 1.165) is 28.1 Å². The molecule has 0 fully saturated rings. The van der Waals surface area contributed by atoms with E-state index in [-0.39, 0.29) is 4.90 Å². The normalized spacial score (nSPS) is 11.5. The van der Waals surface area contributed by atoms with Crippen molar-refractivity contribution < 1.29 is 8.42 Å². The summed E-state index contributed by atoms with van der Waals surface area (Å²) in [4.78, 5) is 0.0837. The van der Waals surface area contributed by atoms with Gasteiger partial charge in [-0.3, -0.25) is 4.68 Å². The summed E-state index contributed by atoms with van der Waals surface area (Å²) in [6, 6.07) is 14.7. The Labute approximate surface area is 153 Å². The van der Waals surface area contributed by atoms with Gasteiger partial charge in [-0.15, -0.1) is 6.58 Å². The maximum atomic E-state index is 11.5. The van der Waals surface area contributed by atoms with E-state index in [2.05, 4.69) is 30.8 Å². The fraction of sp³-hybridized carbons (Fsp3) is 0.150. The van der Waals surface area contributed by atoms with Crippen molar-refractivity contribution in [3.8, 4) is 22.4 Å². The molecule has 26 heavy (non-hydrogen) atoms. The van der Waals surface area contributed by atoms with Crippen molar-refractivity contribution in [2.45, 2.75) is 25.3 Å². The first-order valence-electron chi connectivity index (χ1n) is 8.20. The molecule has 0 atom stereocenters. The van der Waals surface area contributed by atoms with Crippen LogP contribution in [0.4, 0.5) is 0 Å². The van der Waals surface area contributed by atoms with Gasteiger partial charge in [0.15, 0.2) is 0 Å². The van der Waals surface area contributed by atoms with E-state index in [1.165, 1.54) is 17.7 Å². The zero-order chi connectivity index (χ0) is 18.9. The van der Waals surface area contributed by atoms with Gasteiger partial charge in [-0.2, -0.15) is 5.10 Å². The lowest BCUT2D eigenvalue weighted by Gasteiger charge is -2.06. The highest BCUT2D eigenvalue weighted by Gasteiger charge is 2.18. The van der Waals surface area contributed by atoms with Gasteiger partial charge in [0.05, 0.1) is 11.4 Å². The summed E-state index contributed by atoms with van der Waals surface area (Å²) in [5, 5.41) is 9.91. The number of aromatic nitrogens is 2. The maximum Gasteiger partial charge on any atom is 0.238 e. The second-order valence-electron chi connectivity index (χ2n) is 6.22. The number of rotatable bonds is 5. The van der Waals surface area contributed by atoms with Gasteiger partial charge in [0.25, 0.3) is 0 Å². The van der Waals surface area contributed by atoms with Gasteiger partial charge in [-0.05, 0) is 31.5 Å². The molecule has 134 valence electrons. The molecule has 6 heteroatoms. The molecule has 0 unspecified atom stereocenters. The topological polar surface area (TPSA) is 78.0 Å². The summed E-state index contributed by atoms with van der Waals surface area (Å²) in [6.45, 7) is 8.46. The van der Waals surface area contributed by atoms with Crippen LogP contribution in [-0.4, -0.2) is 18.2 Å². The average molecular weight is 367 g/mol. The quantitative estimate of drug-likeness (QED) is 0.699. The minimum absolute atomic E-state index is 0.0837. The molecule has 0 aliphatic heterocycles. The van der Waals surface area contributed by atoms with Crippen molar-refractivity contribution in [1.29, 1.82) is 0 Å². The predicted molar refractivity (Wildman–Crippen MR) is 104 cm³/mol. The zero-order valence-electron chi connectivity index (χ0n) is 14.8. The molecule has 1 heterocycles. The number of hydrogen-bond acceptors (Lipinski definition) is 3. The van der Waals surface area contributed by atoms with Crippen molar-refractivity contribution in [2.24, 2.45) is 5.14 Å². The minimum Gasteiger partial charge on any atom is -0.265 e. The highest BCUT2D eigenvalue weighted by atomic mass is 32.2. The van der Waals surface area contributed by atoms with E-state index in [1.54, 1.807) is 18.2 Å². The molecule has 0 amide bonds. The highest BCUT2D eigenvalue weighted by Crippen LogP contribution is 2.34. The predicted octanol–water partition coefficient (Wildman–Crippen LogP) is 3.67. The number of aryl methyl sites for hydroxylation is 1. The molecule has 0 bridgehead atoms. The Kier molecular flexibility index (Phi) is 4.80. The fourth-order valence-corrected chi connectivity index (χ4v) is 3.43. The van der Waals surface area contributed by atoms with Crippen LogP contribution in [0.25, 0.3) is 22.4 Å². The van der Waals surface area contributed by atoms with E-state index in [1.807, 2.05) is 18.5 Å². The number of hydrogen-bond donors (Lipinski definition) is 1. The van der Waals surface area contributed by atoms with Crippen molar-refractivity contribution in [1.82, 2.24) is 9.78 Å². The average Bonchev–Trinajstić information content (AvgIpc) is 2.92. The van der Waals surface area contributed by atoms with E-state index >= 15 is 0 Å². The van der Waals surface area contributed by atoms with Gasteiger partial charge < -0.3 is 0 Å². The van der Waals surface area contributed by atoms with E-state index in [0.29, 0.717) is 6.54 Å². The van der Waals surface area contributed by atoms with Crippen LogP contribution < -0.4 is 5.14 Å². The lowest BCUT2D eigenvalue weighted by Crippen LogP contribution is -2.11. The summed E-state index contributed by atoms with van der Waals surface area (Å²) in [6.07, 6.45) is 1.80. The first-order valence-corrected chi connectivity index (χ1v) is 9.74. The van der Waals surface area contributed by atoms with Gasteiger partial charge >= 0.3 is 0 Å². The summed E-state index contributed by atoms with van der Waals surface area (Å²) in [5.41, 5.74) is 5.93. The van der Waals surface area contributed by atoms with Crippen molar-refractivity contribution in [3.05, 3.63) is 72.4 Å². The van der Waals surface area contributed by atoms with E-state index in [4.69, 9.17) is 10.2 Å². The molecule has 0 aliphatic rings. The number of allylic oxidation sites excluding steroid dienone is 1. The first-order chi connectivity index (χ1) is 12.3. The van der Waals surface area contributed by atoms with Crippen molar-refractivity contribution in [2.75, 3.05) is 0 Å². The summed E-state index contributed by atoms with van der Waals surface area (Å²) in [7, 11) is -3.72. The third-order valence-electron chi connectivity index (χ3n) is 4.31. The van der Waals surface area contributed by atoms with Gasteiger partial charge in [-0.25, -0.2) is 13.6 Å². The molecule has 0 saturated heterocycles. The molecular weight excluding hydrogens is 346 g/mol. The summed E-state index contributed by atoms with van der Waals surface area (Å²) in [5.74, 6) is 0. The van der Waals surface area contributed by atoms with Crippen LogP contribution in [0.15, 0.2) is 66.1 Å². The Morgan fingerprint density at radius 3 is 2.15 bits per heavy atom. The van der Waals surface area contributed by atoms with Crippen molar-refractivity contribution >= 4 is 10.0 Å². The molecule has 5 nitrogen and oxygen atoms in total. The lowest BCUT2D eigenvalue weighted by molar-refractivity contribution is 0.598. The monoisotopic (exact) mass is 367 g/mol. The maximum absolute atomic E-state index is 11.5. The summed E-state index contributed by atoms with van der Waals surface area (Å²) >= 11 is 0. The molecule has 0 spiro atoms. The highest BCUT2D eigenvalue weighted by molar-refractivity contribution is 7.89. The molecule has 0 radical (unpaired) electrons. The first kappa shape index (κ1) is 18.1. The Balaban J connectivity index is 2.18. The number of primary sulfonamides is 1. The molecular formula is C20H21N3O2S. The smallest absolute Gasteiger partial charge is 0.238 e. The van der Waals surface area contributed by atoms with Crippen LogP contribution in [0.2, 0.25) is 0 Å². The van der Waals surface area contributed by atoms with E-state index in [9.17, 15) is 8.42 Å². The van der Waals surface area contributed by atoms with Crippen LogP contribution >= 0.6 is 0 Å². The fourth-order valence-electron chi connectivity index (χ4n) is 2.92. The Hall–Kier alpha value is -2.70. The molecule has 0 aliphatic carbocycles. The second kappa shape index (κ2) is 6.90. The van der Waals surface area contributed by atoms with Crippen LogP contribution in [0.3, 0.4) is 0 Å². The number of nitrogens with zero attached hydrogens (tertiary/aromatic N) is 2. The lowest BCUT2D eigenvalue weighted by atomic mass is 9.98. The standard InChI is InChI=1S/C20H21N3O2S/c1-4-13-23-15(3)19(16-7-5-14(2)6-8-16)20(22-23)17-9-11-18(12-10-17)26(21,24)25/h4-12H,1,13H2,2-3H3,(H2,21,24,25). The number of sulfonamides is 1. The van der Waals surface area contributed by atoms with Gasteiger partial charge in [0.2, 0.25) is 10.0 Å². The van der Waals surface area contributed by atoms with E-state index < -0.39 is 10.0 Å². The van der Waals surface area contributed by atoms with Crippen molar-refractivity contribution in [3.63, 3.8) is 0 Å². The number of nitrogens with two attached hydrogens (primary N) is 1. The van der Waals surface area contributed by atoms with Crippen LogP contribution in [0, 0.1) is 13.8 Å². The SMILES string of the molecule is C=CCn1nc(-c2ccc(S(N)(=O)=O)cc2)c(-c2ccc(C)cc2)c1C. The third kappa shape index (κ3) is 3.47. The molecule has 3 rings (SSSR count). The Bertz CT molecular complexity index is 1050. The largest absolute Gasteiger partial charge is 0.265 e. The Morgan fingerprint density at radius 2 is 1.62 bits per heavy atom. The van der Waals surface area contributed by atoms with Crippen LogP contribution in [-0.2, 0) is 16.6 Å². The van der Waals surface area contributed by atoms with Gasteiger partial charge in [-0.1, -0.05) is 48.0 Å². The zero-order valence-corrected chi connectivity index (χ0v) is 15.6. The molecule has 1 aromatic heterocycles.